The maximum absolute atomic E-state index is 13.6. The molecular weight excluding hydrogens is 391 g/mol. The maximum atomic E-state index is 13.6. The van der Waals surface area contributed by atoms with Crippen LogP contribution in [-0.4, -0.2) is 32.2 Å². The molecule has 0 aliphatic carbocycles. The van der Waals surface area contributed by atoms with E-state index in [1.54, 1.807) is 18.2 Å². The lowest BCUT2D eigenvalue weighted by atomic mass is 10.1. The first-order chi connectivity index (χ1) is 13.8. The molecular formula is C20H18F3NO5. The second kappa shape index (κ2) is 9.63. The summed E-state index contributed by atoms with van der Waals surface area (Å²) in [6, 6.07) is 6.56. The normalized spacial score (nSPS) is 11.8. The molecule has 0 unspecified atom stereocenters. The third-order valence-corrected chi connectivity index (χ3v) is 3.79. The van der Waals surface area contributed by atoms with E-state index < -0.39 is 41.1 Å². The van der Waals surface area contributed by atoms with Gasteiger partial charge in [0.15, 0.2) is 35.1 Å². The van der Waals surface area contributed by atoms with Gasteiger partial charge in [-0.25, -0.2) is 18.0 Å². The summed E-state index contributed by atoms with van der Waals surface area (Å²) in [7, 11) is 2.91. The lowest BCUT2D eigenvalue weighted by Gasteiger charge is -2.13. The van der Waals surface area contributed by atoms with Gasteiger partial charge in [0.05, 0.1) is 19.9 Å². The van der Waals surface area contributed by atoms with Crippen LogP contribution in [0.2, 0.25) is 0 Å². The molecule has 0 aliphatic rings. The summed E-state index contributed by atoms with van der Waals surface area (Å²) in [6.07, 6.45) is 1.15. The molecule has 2 aromatic carbocycles. The van der Waals surface area contributed by atoms with Crippen molar-refractivity contribution in [3.8, 4) is 11.5 Å². The highest BCUT2D eigenvalue weighted by molar-refractivity contribution is 5.96. The van der Waals surface area contributed by atoms with Gasteiger partial charge in [0.25, 0.3) is 5.91 Å². The molecule has 1 atom stereocenters. The molecule has 0 bridgehead atoms. The molecule has 154 valence electrons. The predicted octanol–water partition coefficient (Wildman–Crippen LogP) is 3.70. The van der Waals surface area contributed by atoms with Crippen LogP contribution in [0.5, 0.6) is 11.5 Å². The average molecular weight is 409 g/mol. The number of anilines is 1. The molecule has 6 nitrogen and oxygen atoms in total. The van der Waals surface area contributed by atoms with Crippen molar-refractivity contribution in [2.24, 2.45) is 0 Å². The molecule has 1 N–H and O–H groups in total. The fraction of sp³-hybridized carbons (Fsp3) is 0.200. The van der Waals surface area contributed by atoms with Gasteiger partial charge in [0, 0.05) is 11.6 Å². The average Bonchev–Trinajstić information content (AvgIpc) is 2.71. The lowest BCUT2D eigenvalue weighted by molar-refractivity contribution is -0.148. The third-order valence-electron chi connectivity index (χ3n) is 3.79. The van der Waals surface area contributed by atoms with Gasteiger partial charge in [-0.2, -0.15) is 0 Å². The summed E-state index contributed by atoms with van der Waals surface area (Å²) in [5, 5.41) is 2.03. The highest BCUT2D eigenvalue weighted by Crippen LogP contribution is 2.31. The zero-order valence-electron chi connectivity index (χ0n) is 15.8. The standard InChI is InChI=1S/C20H18F3NO5/c1-11(20(26)24-14-9-8-13(21)17(22)18(14)23)29-16(25)10-7-12-5-4-6-15(27-2)19(12)28-3/h4-11H,1-3H3,(H,24,26)/b10-7+/t11-/m0/s1. The van der Waals surface area contributed by atoms with Crippen molar-refractivity contribution < 1.29 is 37.0 Å². The van der Waals surface area contributed by atoms with Crippen molar-refractivity contribution in [3.05, 3.63) is 59.4 Å². The summed E-state index contributed by atoms with van der Waals surface area (Å²) >= 11 is 0. The van der Waals surface area contributed by atoms with Gasteiger partial charge in [-0.1, -0.05) is 12.1 Å². The Morgan fingerprint density at radius 1 is 1.03 bits per heavy atom. The number of benzene rings is 2. The van der Waals surface area contributed by atoms with Crippen molar-refractivity contribution in [3.63, 3.8) is 0 Å². The second-order valence-corrected chi connectivity index (χ2v) is 5.71. The SMILES string of the molecule is COc1cccc(/C=C/C(=O)O[C@@H](C)C(=O)Nc2ccc(F)c(F)c2F)c1OC. The van der Waals surface area contributed by atoms with Crippen LogP contribution in [0.25, 0.3) is 6.08 Å². The van der Waals surface area contributed by atoms with Gasteiger partial charge in [-0.15, -0.1) is 0 Å². The molecule has 0 spiro atoms. The molecule has 9 heteroatoms. The molecule has 0 radical (unpaired) electrons. The number of carbonyl (C=O) groups excluding carboxylic acids is 2. The van der Waals surface area contributed by atoms with E-state index in [9.17, 15) is 22.8 Å². The Labute approximate surface area is 164 Å². The van der Waals surface area contributed by atoms with Crippen molar-refractivity contribution in [1.29, 1.82) is 0 Å². The molecule has 29 heavy (non-hydrogen) atoms. The fourth-order valence-corrected chi connectivity index (χ4v) is 2.32. The van der Waals surface area contributed by atoms with Crippen LogP contribution < -0.4 is 14.8 Å². The highest BCUT2D eigenvalue weighted by Gasteiger charge is 2.20. The molecule has 2 aromatic rings. The van der Waals surface area contributed by atoms with Gasteiger partial charge >= 0.3 is 5.97 Å². The van der Waals surface area contributed by atoms with Crippen LogP contribution in [0.15, 0.2) is 36.4 Å². The monoisotopic (exact) mass is 409 g/mol. The Hall–Kier alpha value is -3.49. The smallest absolute Gasteiger partial charge is 0.331 e. The number of para-hydroxylation sites is 1. The van der Waals surface area contributed by atoms with Crippen LogP contribution >= 0.6 is 0 Å². The minimum Gasteiger partial charge on any atom is -0.493 e. The van der Waals surface area contributed by atoms with E-state index in [0.29, 0.717) is 23.1 Å². The topological polar surface area (TPSA) is 73.9 Å². The predicted molar refractivity (Wildman–Crippen MR) is 99.1 cm³/mol. The third kappa shape index (κ3) is 5.28. The number of hydrogen-bond acceptors (Lipinski definition) is 5. The van der Waals surface area contributed by atoms with E-state index in [0.717, 1.165) is 12.1 Å². The highest BCUT2D eigenvalue weighted by atomic mass is 19.2. The maximum Gasteiger partial charge on any atom is 0.331 e. The molecule has 0 saturated carbocycles. The fourth-order valence-electron chi connectivity index (χ4n) is 2.32. The minimum atomic E-state index is -1.72. The van der Waals surface area contributed by atoms with E-state index in [4.69, 9.17) is 14.2 Å². The molecule has 0 fully saturated rings. The second-order valence-electron chi connectivity index (χ2n) is 5.71. The van der Waals surface area contributed by atoms with Gasteiger partial charge in [-0.05, 0) is 31.2 Å². The molecule has 0 saturated heterocycles. The van der Waals surface area contributed by atoms with Crippen LogP contribution in [0.3, 0.4) is 0 Å². The van der Waals surface area contributed by atoms with Crippen molar-refractivity contribution in [1.82, 2.24) is 0 Å². The van der Waals surface area contributed by atoms with Crippen molar-refractivity contribution >= 4 is 23.6 Å². The first-order valence-corrected chi connectivity index (χ1v) is 8.32. The van der Waals surface area contributed by atoms with E-state index in [-0.39, 0.29) is 0 Å². The van der Waals surface area contributed by atoms with Gasteiger partial charge < -0.3 is 19.5 Å². The molecule has 2 rings (SSSR count). The van der Waals surface area contributed by atoms with E-state index >= 15 is 0 Å². The number of nitrogens with one attached hydrogen (secondary N) is 1. The molecule has 0 heterocycles. The summed E-state index contributed by atoms with van der Waals surface area (Å²) in [6.45, 7) is 1.24. The van der Waals surface area contributed by atoms with Crippen molar-refractivity contribution in [2.75, 3.05) is 19.5 Å². The number of ether oxygens (including phenoxy) is 3. The van der Waals surface area contributed by atoms with Gasteiger partial charge in [-0.3, -0.25) is 4.79 Å². The lowest BCUT2D eigenvalue weighted by Crippen LogP contribution is -2.29. The minimum absolute atomic E-state index is 0.402. The van der Waals surface area contributed by atoms with Crippen LogP contribution in [0.4, 0.5) is 18.9 Å². The number of esters is 1. The Kier molecular flexibility index (Phi) is 7.24. The quantitative estimate of drug-likeness (QED) is 0.429. The van der Waals surface area contributed by atoms with Crippen LogP contribution in [0.1, 0.15) is 12.5 Å². The zero-order valence-corrected chi connectivity index (χ0v) is 15.8. The van der Waals surface area contributed by atoms with E-state index in [2.05, 4.69) is 0 Å². The van der Waals surface area contributed by atoms with Gasteiger partial charge in [0.2, 0.25) is 0 Å². The summed E-state index contributed by atoms with van der Waals surface area (Å²) in [4.78, 5) is 24.0. The number of halogens is 3. The summed E-state index contributed by atoms with van der Waals surface area (Å²) in [5.41, 5.74) is -0.0433. The van der Waals surface area contributed by atoms with E-state index in [1.807, 2.05) is 5.32 Å². The van der Waals surface area contributed by atoms with E-state index in [1.165, 1.54) is 27.2 Å². The Bertz CT molecular complexity index is 946. The zero-order chi connectivity index (χ0) is 21.6. The molecule has 1 amide bonds. The van der Waals surface area contributed by atoms with Gasteiger partial charge in [0.1, 0.15) is 0 Å². The number of rotatable bonds is 7. The van der Waals surface area contributed by atoms with Crippen molar-refractivity contribution in [2.45, 2.75) is 13.0 Å². The number of amides is 1. The Balaban J connectivity index is 2.03. The summed E-state index contributed by atoms with van der Waals surface area (Å²) < 4.78 is 55.1. The Morgan fingerprint density at radius 2 is 1.76 bits per heavy atom. The number of hydrogen-bond donors (Lipinski definition) is 1. The molecule has 0 aromatic heterocycles. The first kappa shape index (κ1) is 21.8. The largest absolute Gasteiger partial charge is 0.493 e. The Morgan fingerprint density at radius 3 is 2.41 bits per heavy atom. The first-order valence-electron chi connectivity index (χ1n) is 8.32. The summed E-state index contributed by atoms with van der Waals surface area (Å²) in [5.74, 6) is -5.58. The van der Waals surface area contributed by atoms with Crippen LogP contribution in [0, 0.1) is 17.5 Å². The molecule has 0 aliphatic heterocycles. The number of methoxy groups -OCH3 is 2. The number of carbonyl (C=O) groups is 2. The van der Waals surface area contributed by atoms with Crippen LogP contribution in [-0.2, 0) is 14.3 Å².